The maximum atomic E-state index is 10.6. The molecule has 0 aliphatic rings. The van der Waals surface area contributed by atoms with Crippen molar-refractivity contribution in [2.24, 2.45) is 0 Å². The molecule has 0 spiro atoms. The molecule has 2 aromatic rings. The van der Waals surface area contributed by atoms with Gasteiger partial charge >= 0.3 is 0 Å². The van der Waals surface area contributed by atoms with Crippen LogP contribution in [0.2, 0.25) is 10.0 Å². The van der Waals surface area contributed by atoms with E-state index in [1.165, 1.54) is 0 Å². The summed E-state index contributed by atoms with van der Waals surface area (Å²) in [6.45, 7) is 4.00. The number of hydrogen-bond acceptors (Lipinski definition) is 1. The van der Waals surface area contributed by atoms with Crippen LogP contribution in [0.4, 0.5) is 0 Å². The van der Waals surface area contributed by atoms with Gasteiger partial charge in [-0.25, -0.2) is 0 Å². The van der Waals surface area contributed by atoms with E-state index in [0.717, 1.165) is 5.56 Å². The Kier molecular flexibility index (Phi) is 4.19. The minimum Gasteiger partial charge on any atom is -0.387 e. The van der Waals surface area contributed by atoms with Crippen molar-refractivity contribution in [1.29, 1.82) is 0 Å². The van der Waals surface area contributed by atoms with Gasteiger partial charge in [0.25, 0.3) is 0 Å². The Balaban J connectivity index is 2.40. The molecule has 0 radical (unpaired) electrons. The molecule has 1 atom stereocenters. The summed E-state index contributed by atoms with van der Waals surface area (Å²) in [4.78, 5) is 0. The van der Waals surface area contributed by atoms with E-state index in [0.29, 0.717) is 15.6 Å². The monoisotopic (exact) mass is 294 g/mol. The SMILES string of the molecule is CC(C)(c1ccccc1)C(O)c1ccc(Cl)cc1Cl. The molecule has 0 aliphatic carbocycles. The minimum absolute atomic E-state index is 0.432. The molecular weight excluding hydrogens is 279 g/mol. The fraction of sp³-hybridized carbons (Fsp3) is 0.250. The molecule has 19 heavy (non-hydrogen) atoms. The zero-order valence-corrected chi connectivity index (χ0v) is 12.4. The highest BCUT2D eigenvalue weighted by molar-refractivity contribution is 6.35. The van der Waals surface area contributed by atoms with Crippen LogP contribution in [0.25, 0.3) is 0 Å². The Hall–Kier alpha value is -1.02. The Morgan fingerprint density at radius 2 is 1.63 bits per heavy atom. The topological polar surface area (TPSA) is 20.2 Å². The quantitative estimate of drug-likeness (QED) is 0.844. The lowest BCUT2D eigenvalue weighted by Crippen LogP contribution is -2.27. The summed E-state index contributed by atoms with van der Waals surface area (Å²) in [6, 6.07) is 15.1. The van der Waals surface area contributed by atoms with Gasteiger partial charge in [0.2, 0.25) is 0 Å². The molecule has 0 bridgehead atoms. The van der Waals surface area contributed by atoms with E-state index in [1.807, 2.05) is 44.2 Å². The normalized spacial score (nSPS) is 13.3. The number of aliphatic hydroxyl groups excluding tert-OH is 1. The average molecular weight is 295 g/mol. The van der Waals surface area contributed by atoms with Crippen molar-refractivity contribution in [3.05, 3.63) is 69.7 Å². The second kappa shape index (κ2) is 5.54. The molecule has 2 rings (SSSR count). The fourth-order valence-electron chi connectivity index (χ4n) is 2.14. The summed E-state index contributed by atoms with van der Waals surface area (Å²) >= 11 is 12.1. The van der Waals surface area contributed by atoms with E-state index in [9.17, 15) is 5.11 Å². The fourth-order valence-corrected chi connectivity index (χ4v) is 2.65. The van der Waals surface area contributed by atoms with Crippen molar-refractivity contribution in [3.8, 4) is 0 Å². The van der Waals surface area contributed by atoms with Gasteiger partial charge in [-0.15, -0.1) is 0 Å². The molecule has 1 unspecified atom stereocenters. The second-order valence-corrected chi connectivity index (χ2v) is 6.00. The largest absolute Gasteiger partial charge is 0.387 e. The lowest BCUT2D eigenvalue weighted by atomic mass is 9.77. The van der Waals surface area contributed by atoms with Gasteiger partial charge in [0.1, 0.15) is 0 Å². The molecule has 0 saturated heterocycles. The third-order valence-electron chi connectivity index (χ3n) is 3.46. The Bertz CT molecular complexity index is 564. The van der Waals surface area contributed by atoms with Crippen LogP contribution in [0.5, 0.6) is 0 Å². The summed E-state index contributed by atoms with van der Waals surface area (Å²) in [6.07, 6.45) is -0.695. The van der Waals surface area contributed by atoms with Crippen molar-refractivity contribution >= 4 is 23.2 Å². The smallest absolute Gasteiger partial charge is 0.0895 e. The highest BCUT2D eigenvalue weighted by Crippen LogP contribution is 2.39. The van der Waals surface area contributed by atoms with Crippen molar-refractivity contribution in [1.82, 2.24) is 0 Å². The van der Waals surface area contributed by atoms with Gasteiger partial charge in [0, 0.05) is 21.0 Å². The van der Waals surface area contributed by atoms with Crippen molar-refractivity contribution in [3.63, 3.8) is 0 Å². The lowest BCUT2D eigenvalue weighted by Gasteiger charge is -2.32. The van der Waals surface area contributed by atoms with Gasteiger partial charge in [-0.05, 0) is 17.7 Å². The summed E-state index contributed by atoms with van der Waals surface area (Å²) < 4.78 is 0. The van der Waals surface area contributed by atoms with Crippen molar-refractivity contribution in [2.45, 2.75) is 25.4 Å². The van der Waals surface area contributed by atoms with Crippen LogP contribution < -0.4 is 0 Å². The molecule has 2 aromatic carbocycles. The van der Waals surface area contributed by atoms with Crippen molar-refractivity contribution in [2.75, 3.05) is 0 Å². The summed E-state index contributed by atoms with van der Waals surface area (Å²) in [7, 11) is 0. The van der Waals surface area contributed by atoms with Crippen LogP contribution in [0.3, 0.4) is 0 Å². The van der Waals surface area contributed by atoms with Gasteiger partial charge < -0.3 is 5.11 Å². The third-order valence-corrected chi connectivity index (χ3v) is 4.02. The van der Waals surface area contributed by atoms with Gasteiger partial charge in [-0.1, -0.05) is 73.4 Å². The standard InChI is InChI=1S/C16H16Cl2O/c1-16(2,11-6-4-3-5-7-11)15(19)13-9-8-12(17)10-14(13)18/h3-10,15,19H,1-2H3. The zero-order chi connectivity index (χ0) is 14.0. The number of halogens is 2. The van der Waals surface area contributed by atoms with E-state index in [1.54, 1.807) is 18.2 Å². The number of hydrogen-bond donors (Lipinski definition) is 1. The van der Waals surface area contributed by atoms with Crippen LogP contribution in [-0.2, 0) is 5.41 Å². The number of benzene rings is 2. The van der Waals surface area contributed by atoms with E-state index < -0.39 is 11.5 Å². The highest BCUT2D eigenvalue weighted by Gasteiger charge is 2.32. The van der Waals surface area contributed by atoms with E-state index in [2.05, 4.69) is 0 Å². The van der Waals surface area contributed by atoms with E-state index in [4.69, 9.17) is 23.2 Å². The molecule has 1 N–H and O–H groups in total. The molecule has 0 aromatic heterocycles. The summed E-state index contributed by atoms with van der Waals surface area (Å²) in [5.74, 6) is 0. The van der Waals surface area contributed by atoms with Crippen LogP contribution in [0.1, 0.15) is 31.1 Å². The summed E-state index contributed by atoms with van der Waals surface area (Å²) in [5.41, 5.74) is 1.33. The van der Waals surface area contributed by atoms with Crippen LogP contribution >= 0.6 is 23.2 Å². The molecular formula is C16H16Cl2O. The van der Waals surface area contributed by atoms with Gasteiger partial charge in [-0.2, -0.15) is 0 Å². The first kappa shape index (κ1) is 14.4. The molecule has 0 fully saturated rings. The molecule has 0 saturated carbocycles. The molecule has 0 aliphatic heterocycles. The predicted molar refractivity (Wildman–Crippen MR) is 80.9 cm³/mol. The van der Waals surface area contributed by atoms with Crippen LogP contribution in [-0.4, -0.2) is 5.11 Å². The Labute approximate surface area is 123 Å². The summed E-state index contributed by atoms with van der Waals surface area (Å²) in [5, 5.41) is 11.7. The molecule has 0 amide bonds. The first-order valence-corrected chi connectivity index (χ1v) is 6.87. The van der Waals surface area contributed by atoms with Gasteiger partial charge in [0.15, 0.2) is 0 Å². The third kappa shape index (κ3) is 2.94. The van der Waals surface area contributed by atoms with Crippen LogP contribution in [0.15, 0.2) is 48.5 Å². The second-order valence-electron chi connectivity index (χ2n) is 5.16. The van der Waals surface area contributed by atoms with Gasteiger partial charge in [0.05, 0.1) is 6.10 Å². The molecule has 1 nitrogen and oxygen atoms in total. The first-order valence-electron chi connectivity index (χ1n) is 6.11. The highest BCUT2D eigenvalue weighted by atomic mass is 35.5. The number of rotatable bonds is 3. The van der Waals surface area contributed by atoms with E-state index >= 15 is 0 Å². The maximum Gasteiger partial charge on any atom is 0.0895 e. The van der Waals surface area contributed by atoms with Crippen molar-refractivity contribution < 1.29 is 5.11 Å². The maximum absolute atomic E-state index is 10.6. The Morgan fingerprint density at radius 1 is 1.00 bits per heavy atom. The molecule has 100 valence electrons. The predicted octanol–water partition coefficient (Wildman–Crippen LogP) is 5.00. The minimum atomic E-state index is -0.695. The molecule has 0 heterocycles. The lowest BCUT2D eigenvalue weighted by molar-refractivity contribution is 0.100. The number of aliphatic hydroxyl groups is 1. The zero-order valence-electron chi connectivity index (χ0n) is 10.9. The Morgan fingerprint density at radius 3 is 2.21 bits per heavy atom. The average Bonchev–Trinajstić information content (AvgIpc) is 2.39. The van der Waals surface area contributed by atoms with Gasteiger partial charge in [-0.3, -0.25) is 0 Å². The molecule has 3 heteroatoms. The first-order chi connectivity index (χ1) is 8.93. The van der Waals surface area contributed by atoms with E-state index in [-0.39, 0.29) is 0 Å². The van der Waals surface area contributed by atoms with Crippen LogP contribution in [0, 0.1) is 0 Å².